The maximum atomic E-state index is 11.3. The SMILES string of the molecule is CCCCC/C=C\C/C=C\C/C=C\C/C=C\CCCC(=O)NCCCl.O. The summed E-state index contributed by atoms with van der Waals surface area (Å²) in [4.78, 5) is 11.3. The summed E-state index contributed by atoms with van der Waals surface area (Å²) in [5.41, 5.74) is 0. The van der Waals surface area contributed by atoms with Crippen LogP contribution in [0.1, 0.15) is 71.1 Å². The number of carbonyl (C=O) groups is 1. The molecule has 0 atom stereocenters. The molecule has 0 saturated carbocycles. The molecule has 0 spiro atoms. The molecule has 3 nitrogen and oxygen atoms in total. The van der Waals surface area contributed by atoms with Gasteiger partial charge < -0.3 is 10.8 Å². The molecule has 0 aliphatic carbocycles. The summed E-state index contributed by atoms with van der Waals surface area (Å²) in [6.07, 6.45) is 28.3. The molecule has 0 aliphatic heterocycles. The van der Waals surface area contributed by atoms with Gasteiger partial charge in [0.1, 0.15) is 0 Å². The molecule has 0 aliphatic rings. The van der Waals surface area contributed by atoms with Crippen LogP contribution >= 0.6 is 11.6 Å². The molecule has 0 rings (SSSR count). The van der Waals surface area contributed by atoms with Crippen molar-refractivity contribution < 1.29 is 10.3 Å². The lowest BCUT2D eigenvalue weighted by molar-refractivity contribution is -0.121. The van der Waals surface area contributed by atoms with Crippen molar-refractivity contribution in [2.75, 3.05) is 12.4 Å². The first kappa shape index (κ1) is 26.9. The van der Waals surface area contributed by atoms with Crippen LogP contribution in [0.4, 0.5) is 0 Å². The predicted molar refractivity (Wildman–Crippen MR) is 116 cm³/mol. The minimum absolute atomic E-state index is 0. The molecule has 4 heteroatoms. The highest BCUT2D eigenvalue weighted by molar-refractivity contribution is 6.18. The number of alkyl halides is 1. The first-order chi connectivity index (χ1) is 12.3. The number of carbonyl (C=O) groups excluding carboxylic acids is 1. The molecule has 0 bridgehead atoms. The van der Waals surface area contributed by atoms with E-state index in [9.17, 15) is 4.79 Å². The number of unbranched alkanes of at least 4 members (excludes halogenated alkanes) is 4. The van der Waals surface area contributed by atoms with Crippen LogP contribution in [0.15, 0.2) is 48.6 Å². The summed E-state index contributed by atoms with van der Waals surface area (Å²) >= 11 is 5.51. The largest absolute Gasteiger partial charge is 0.412 e. The summed E-state index contributed by atoms with van der Waals surface area (Å²) in [7, 11) is 0. The van der Waals surface area contributed by atoms with Crippen LogP contribution < -0.4 is 5.32 Å². The van der Waals surface area contributed by atoms with Crippen molar-refractivity contribution in [3.05, 3.63) is 48.6 Å². The average molecular weight is 384 g/mol. The fourth-order valence-electron chi connectivity index (χ4n) is 2.22. The van der Waals surface area contributed by atoms with Crippen LogP contribution in [0.25, 0.3) is 0 Å². The van der Waals surface area contributed by atoms with Gasteiger partial charge in [0.15, 0.2) is 0 Å². The van der Waals surface area contributed by atoms with E-state index < -0.39 is 0 Å². The van der Waals surface area contributed by atoms with E-state index in [1.54, 1.807) is 0 Å². The third kappa shape index (κ3) is 22.7. The summed E-state index contributed by atoms with van der Waals surface area (Å²) in [5, 5.41) is 2.77. The van der Waals surface area contributed by atoms with Crippen molar-refractivity contribution in [3.8, 4) is 0 Å². The summed E-state index contributed by atoms with van der Waals surface area (Å²) in [5.74, 6) is 0.569. The Balaban J connectivity index is 0. The first-order valence-electron chi connectivity index (χ1n) is 9.73. The maximum absolute atomic E-state index is 11.3. The molecule has 0 radical (unpaired) electrons. The normalized spacial score (nSPS) is 11.8. The van der Waals surface area contributed by atoms with Crippen molar-refractivity contribution in [2.45, 2.75) is 71.1 Å². The van der Waals surface area contributed by atoms with Crippen LogP contribution in [0.3, 0.4) is 0 Å². The summed E-state index contributed by atoms with van der Waals surface area (Å²) < 4.78 is 0. The lowest BCUT2D eigenvalue weighted by atomic mass is 10.2. The van der Waals surface area contributed by atoms with Crippen LogP contribution in [-0.2, 0) is 4.79 Å². The minimum Gasteiger partial charge on any atom is -0.412 e. The van der Waals surface area contributed by atoms with Gasteiger partial charge in [0, 0.05) is 18.8 Å². The van der Waals surface area contributed by atoms with Gasteiger partial charge in [-0.2, -0.15) is 0 Å². The van der Waals surface area contributed by atoms with Gasteiger partial charge in [-0.3, -0.25) is 4.79 Å². The van der Waals surface area contributed by atoms with Crippen LogP contribution in [0.2, 0.25) is 0 Å². The number of allylic oxidation sites excluding steroid dienone is 8. The smallest absolute Gasteiger partial charge is 0.220 e. The van der Waals surface area contributed by atoms with E-state index in [1.807, 2.05) is 0 Å². The molecule has 0 aromatic carbocycles. The fraction of sp³-hybridized carbons (Fsp3) is 0.591. The third-order valence-electron chi connectivity index (χ3n) is 3.65. The van der Waals surface area contributed by atoms with Crippen LogP contribution in [0.5, 0.6) is 0 Å². The molecule has 0 aromatic rings. The van der Waals surface area contributed by atoms with E-state index in [-0.39, 0.29) is 11.4 Å². The molecule has 3 N–H and O–H groups in total. The molecule has 0 heterocycles. The van der Waals surface area contributed by atoms with Gasteiger partial charge in [-0.05, 0) is 44.9 Å². The van der Waals surface area contributed by atoms with E-state index in [2.05, 4.69) is 60.8 Å². The fourth-order valence-corrected chi connectivity index (χ4v) is 2.31. The highest BCUT2D eigenvalue weighted by Crippen LogP contribution is 2.01. The van der Waals surface area contributed by atoms with Gasteiger partial charge in [0.05, 0.1) is 0 Å². The molecule has 1 amide bonds. The molecule has 26 heavy (non-hydrogen) atoms. The highest BCUT2D eigenvalue weighted by atomic mass is 35.5. The minimum atomic E-state index is 0. The van der Waals surface area contributed by atoms with E-state index >= 15 is 0 Å². The van der Waals surface area contributed by atoms with E-state index in [1.165, 1.54) is 25.7 Å². The number of hydrogen-bond acceptors (Lipinski definition) is 1. The van der Waals surface area contributed by atoms with Gasteiger partial charge in [0.25, 0.3) is 0 Å². The van der Waals surface area contributed by atoms with Gasteiger partial charge in [-0.25, -0.2) is 0 Å². The number of amides is 1. The Hall–Kier alpha value is -1.32. The number of nitrogens with one attached hydrogen (secondary N) is 1. The molecular formula is C22H38ClNO2. The zero-order chi connectivity index (χ0) is 18.4. The molecule has 0 fully saturated rings. The Morgan fingerprint density at radius 3 is 1.81 bits per heavy atom. The first-order valence-corrected chi connectivity index (χ1v) is 10.3. The van der Waals surface area contributed by atoms with Crippen molar-refractivity contribution >= 4 is 17.5 Å². The van der Waals surface area contributed by atoms with E-state index in [4.69, 9.17) is 11.6 Å². The van der Waals surface area contributed by atoms with Gasteiger partial charge in [0.2, 0.25) is 5.91 Å². The number of rotatable bonds is 16. The topological polar surface area (TPSA) is 60.6 Å². The highest BCUT2D eigenvalue weighted by Gasteiger charge is 1.97. The lowest BCUT2D eigenvalue weighted by Crippen LogP contribution is -2.24. The predicted octanol–water partition coefficient (Wildman–Crippen LogP) is 5.66. The average Bonchev–Trinajstić information content (AvgIpc) is 2.62. The quantitative estimate of drug-likeness (QED) is 0.208. The second-order valence-corrected chi connectivity index (χ2v) is 6.40. The summed E-state index contributed by atoms with van der Waals surface area (Å²) in [6, 6.07) is 0. The van der Waals surface area contributed by atoms with Gasteiger partial charge >= 0.3 is 0 Å². The monoisotopic (exact) mass is 383 g/mol. The van der Waals surface area contributed by atoms with Crippen LogP contribution in [-0.4, -0.2) is 23.8 Å². The zero-order valence-electron chi connectivity index (χ0n) is 16.4. The standard InChI is InChI=1S/C22H36ClNO.H2O/c1-2-3-4-5-6-7-8-9-10-11-12-13-14-15-16-17-18-19-22(25)24-21-20-23;/h6-7,9-10,12-13,15-16H,2-5,8,11,14,17-21H2,1H3,(H,24,25);1H2/b7-6-,10-9-,13-12-,16-15-;. The second kappa shape index (κ2) is 23.7. The Morgan fingerprint density at radius 1 is 0.808 bits per heavy atom. The van der Waals surface area contributed by atoms with E-state index in [0.29, 0.717) is 18.8 Å². The Morgan fingerprint density at radius 2 is 1.31 bits per heavy atom. The Labute approximate surface area is 165 Å². The molecule has 0 aromatic heterocycles. The number of hydrogen-bond donors (Lipinski definition) is 1. The maximum Gasteiger partial charge on any atom is 0.220 e. The molecule has 150 valence electrons. The Kier molecular flexibility index (Phi) is 24.5. The Bertz CT molecular complexity index is 414. The van der Waals surface area contributed by atoms with E-state index in [0.717, 1.165) is 32.1 Å². The molecular weight excluding hydrogens is 346 g/mol. The second-order valence-electron chi connectivity index (χ2n) is 6.02. The van der Waals surface area contributed by atoms with Crippen molar-refractivity contribution in [2.24, 2.45) is 0 Å². The molecule has 0 saturated heterocycles. The summed E-state index contributed by atoms with van der Waals surface area (Å²) in [6.45, 7) is 2.80. The van der Waals surface area contributed by atoms with Crippen molar-refractivity contribution in [3.63, 3.8) is 0 Å². The van der Waals surface area contributed by atoms with Gasteiger partial charge in [-0.1, -0.05) is 68.4 Å². The third-order valence-corrected chi connectivity index (χ3v) is 3.84. The van der Waals surface area contributed by atoms with Crippen molar-refractivity contribution in [1.29, 1.82) is 0 Å². The number of halogens is 1. The van der Waals surface area contributed by atoms with Gasteiger partial charge in [-0.15, -0.1) is 11.6 Å². The van der Waals surface area contributed by atoms with Crippen LogP contribution in [0, 0.1) is 0 Å². The van der Waals surface area contributed by atoms with Crippen molar-refractivity contribution in [1.82, 2.24) is 5.32 Å². The molecule has 0 unspecified atom stereocenters. The zero-order valence-corrected chi connectivity index (χ0v) is 17.1. The lowest BCUT2D eigenvalue weighted by Gasteiger charge is -2.00.